The second-order valence-corrected chi connectivity index (χ2v) is 6.06. The highest BCUT2D eigenvalue weighted by atomic mass is 16.5. The van der Waals surface area contributed by atoms with Crippen LogP contribution in [0.2, 0.25) is 0 Å². The van der Waals surface area contributed by atoms with Crippen molar-refractivity contribution in [1.29, 1.82) is 0 Å². The first kappa shape index (κ1) is 17.6. The molecular formula is C19H18N2O5. The molecule has 0 saturated carbocycles. The predicted octanol–water partition coefficient (Wildman–Crippen LogP) is 0.988. The van der Waals surface area contributed by atoms with Crippen LogP contribution >= 0.6 is 0 Å². The molecule has 1 heterocycles. The van der Waals surface area contributed by atoms with Crippen molar-refractivity contribution in [2.24, 2.45) is 5.73 Å². The maximum absolute atomic E-state index is 12.8. The quantitative estimate of drug-likeness (QED) is 0.752. The van der Waals surface area contributed by atoms with Crippen LogP contribution in [0, 0.1) is 0 Å². The molecule has 0 radical (unpaired) electrons. The average molecular weight is 354 g/mol. The first-order valence-electron chi connectivity index (χ1n) is 7.96. The minimum Gasteiger partial charge on any atom is -0.497 e. The van der Waals surface area contributed by atoms with Crippen molar-refractivity contribution in [1.82, 2.24) is 0 Å². The van der Waals surface area contributed by atoms with Crippen LogP contribution < -0.4 is 15.4 Å². The van der Waals surface area contributed by atoms with Gasteiger partial charge in [-0.15, -0.1) is 0 Å². The number of fused-ring (bicyclic) bond motifs is 1. The molecule has 3 N–H and O–H groups in total. The van der Waals surface area contributed by atoms with Gasteiger partial charge in [0.05, 0.1) is 19.2 Å². The number of aliphatic hydroxyl groups is 1. The summed E-state index contributed by atoms with van der Waals surface area (Å²) in [7, 11) is 1.51. The van der Waals surface area contributed by atoms with E-state index in [2.05, 4.69) is 0 Å². The fraction of sp³-hybridized carbons (Fsp3) is 0.211. The molecule has 0 aromatic heterocycles. The molecule has 1 aliphatic rings. The predicted molar refractivity (Wildman–Crippen MR) is 93.8 cm³/mol. The summed E-state index contributed by atoms with van der Waals surface area (Å²) in [5.74, 6) is -1.26. The summed E-state index contributed by atoms with van der Waals surface area (Å²) < 4.78 is 5.05. The molecule has 0 fully saturated rings. The van der Waals surface area contributed by atoms with Crippen molar-refractivity contribution in [3.63, 3.8) is 0 Å². The van der Waals surface area contributed by atoms with E-state index in [9.17, 15) is 19.5 Å². The fourth-order valence-electron chi connectivity index (χ4n) is 3.10. The summed E-state index contributed by atoms with van der Waals surface area (Å²) in [6.45, 7) is -0.366. The van der Waals surface area contributed by atoms with Crippen molar-refractivity contribution >= 4 is 23.3 Å². The van der Waals surface area contributed by atoms with Gasteiger partial charge in [0.15, 0.2) is 11.4 Å². The lowest BCUT2D eigenvalue weighted by molar-refractivity contribution is -0.136. The van der Waals surface area contributed by atoms with Crippen molar-refractivity contribution < 1.29 is 24.2 Å². The van der Waals surface area contributed by atoms with Gasteiger partial charge in [0.2, 0.25) is 5.91 Å². The smallest absolute Gasteiger partial charge is 0.264 e. The fourth-order valence-corrected chi connectivity index (χ4v) is 3.10. The molecule has 0 saturated heterocycles. The number of methoxy groups -OCH3 is 1. The number of nitrogens with zero attached hydrogens (tertiary/aromatic N) is 1. The van der Waals surface area contributed by atoms with Gasteiger partial charge in [-0.1, -0.05) is 18.2 Å². The third-order valence-electron chi connectivity index (χ3n) is 4.38. The number of hydrogen-bond acceptors (Lipinski definition) is 5. The summed E-state index contributed by atoms with van der Waals surface area (Å²) in [5.41, 5.74) is 4.17. The number of Topliss-reactive ketones (excluding diaryl/α,β-unsaturated/α-hetero) is 1. The molecule has 0 aliphatic carbocycles. The van der Waals surface area contributed by atoms with Crippen LogP contribution in [-0.4, -0.2) is 36.4 Å². The lowest BCUT2D eigenvalue weighted by Gasteiger charge is -2.22. The van der Waals surface area contributed by atoms with E-state index in [1.165, 1.54) is 7.11 Å². The maximum Gasteiger partial charge on any atom is 0.264 e. The number of benzene rings is 2. The van der Waals surface area contributed by atoms with Crippen LogP contribution in [0.1, 0.15) is 22.3 Å². The summed E-state index contributed by atoms with van der Waals surface area (Å²) in [4.78, 5) is 37.8. The number of primary amides is 1. The number of carbonyl (C=O) groups is 3. The molecule has 0 spiro atoms. The van der Waals surface area contributed by atoms with Gasteiger partial charge < -0.3 is 15.6 Å². The standard InChI is InChI=1S/C19H18N2O5/c1-26-13-8-6-12(7-9-13)16(22)10-19(25)14-4-2-3-5-15(14)21(18(19)24)11-17(20)23/h2-9,25H,10-11H2,1H3,(H2,20,23)/t19-/m1/s1. The first-order chi connectivity index (χ1) is 12.4. The number of para-hydroxylation sites is 1. The Hall–Kier alpha value is -3.19. The highest BCUT2D eigenvalue weighted by molar-refractivity contribution is 6.12. The Morgan fingerprint density at radius 2 is 1.81 bits per heavy atom. The largest absolute Gasteiger partial charge is 0.497 e. The number of anilines is 1. The minimum atomic E-state index is -2.04. The molecule has 1 atom stereocenters. The van der Waals surface area contributed by atoms with Crippen molar-refractivity contribution in [3.05, 3.63) is 59.7 Å². The lowest BCUT2D eigenvalue weighted by atomic mass is 9.88. The van der Waals surface area contributed by atoms with E-state index in [4.69, 9.17) is 10.5 Å². The van der Waals surface area contributed by atoms with Crippen LogP contribution in [0.3, 0.4) is 0 Å². The van der Waals surface area contributed by atoms with Gasteiger partial charge in [-0.25, -0.2) is 0 Å². The molecule has 3 rings (SSSR count). The van der Waals surface area contributed by atoms with Gasteiger partial charge in [0.1, 0.15) is 12.3 Å². The Morgan fingerprint density at radius 3 is 2.42 bits per heavy atom. The van der Waals surface area contributed by atoms with Crippen molar-refractivity contribution in [2.75, 3.05) is 18.6 Å². The minimum absolute atomic E-state index is 0.285. The molecule has 7 heteroatoms. The zero-order valence-corrected chi connectivity index (χ0v) is 14.1. The van der Waals surface area contributed by atoms with Crippen LogP contribution in [0.5, 0.6) is 5.75 Å². The third-order valence-corrected chi connectivity index (χ3v) is 4.38. The topological polar surface area (TPSA) is 110 Å². The van der Waals surface area contributed by atoms with E-state index in [1.807, 2.05) is 0 Å². The first-order valence-corrected chi connectivity index (χ1v) is 7.96. The van der Waals surface area contributed by atoms with Crippen LogP contribution in [0.25, 0.3) is 0 Å². The molecule has 2 aromatic rings. The number of hydrogen-bond donors (Lipinski definition) is 2. The van der Waals surface area contributed by atoms with Crippen LogP contribution in [0.15, 0.2) is 48.5 Å². The van der Waals surface area contributed by atoms with Gasteiger partial charge >= 0.3 is 0 Å². The Morgan fingerprint density at radius 1 is 1.15 bits per heavy atom. The lowest BCUT2D eigenvalue weighted by Crippen LogP contribution is -2.44. The van der Waals surface area contributed by atoms with Crippen molar-refractivity contribution in [2.45, 2.75) is 12.0 Å². The zero-order chi connectivity index (χ0) is 18.9. The number of carbonyl (C=O) groups excluding carboxylic acids is 3. The number of rotatable bonds is 6. The average Bonchev–Trinajstić information content (AvgIpc) is 2.84. The molecule has 26 heavy (non-hydrogen) atoms. The zero-order valence-electron chi connectivity index (χ0n) is 14.1. The molecule has 7 nitrogen and oxygen atoms in total. The number of ether oxygens (including phenoxy) is 1. The molecule has 134 valence electrons. The van der Waals surface area contributed by atoms with E-state index in [0.717, 1.165) is 4.90 Å². The monoisotopic (exact) mass is 354 g/mol. The number of nitrogens with two attached hydrogens (primary N) is 1. The maximum atomic E-state index is 12.8. The molecule has 2 aromatic carbocycles. The Kier molecular flexibility index (Phi) is 4.48. The summed E-state index contributed by atoms with van der Waals surface area (Å²) in [5, 5.41) is 11.0. The normalized spacial score (nSPS) is 18.5. The van der Waals surface area contributed by atoms with Gasteiger partial charge in [-0.2, -0.15) is 0 Å². The Labute approximate surface area is 150 Å². The van der Waals surface area contributed by atoms with Gasteiger partial charge in [0, 0.05) is 11.1 Å². The van der Waals surface area contributed by atoms with Gasteiger partial charge in [-0.05, 0) is 30.3 Å². The van der Waals surface area contributed by atoms with E-state index in [0.29, 0.717) is 17.0 Å². The second-order valence-electron chi connectivity index (χ2n) is 6.06. The Balaban J connectivity index is 1.93. The van der Waals surface area contributed by atoms with E-state index < -0.39 is 29.6 Å². The van der Waals surface area contributed by atoms with E-state index in [-0.39, 0.29) is 12.1 Å². The van der Waals surface area contributed by atoms with E-state index >= 15 is 0 Å². The molecular weight excluding hydrogens is 336 g/mol. The van der Waals surface area contributed by atoms with Crippen LogP contribution in [-0.2, 0) is 15.2 Å². The summed E-state index contributed by atoms with van der Waals surface area (Å²) in [6.07, 6.45) is -0.440. The van der Waals surface area contributed by atoms with Crippen molar-refractivity contribution in [3.8, 4) is 5.75 Å². The molecule has 0 bridgehead atoms. The van der Waals surface area contributed by atoms with Gasteiger partial charge in [-0.3, -0.25) is 19.3 Å². The number of amides is 2. The SMILES string of the molecule is COc1ccc(C(=O)C[C@]2(O)C(=O)N(CC(N)=O)c3ccccc32)cc1. The second kappa shape index (κ2) is 6.61. The van der Waals surface area contributed by atoms with Crippen LogP contribution in [0.4, 0.5) is 5.69 Å². The summed E-state index contributed by atoms with van der Waals surface area (Å²) >= 11 is 0. The van der Waals surface area contributed by atoms with Gasteiger partial charge in [0.25, 0.3) is 5.91 Å². The molecule has 1 aliphatic heterocycles. The Bertz CT molecular complexity index is 878. The number of ketones is 1. The highest BCUT2D eigenvalue weighted by Crippen LogP contribution is 2.42. The van der Waals surface area contributed by atoms with E-state index in [1.54, 1.807) is 48.5 Å². The third kappa shape index (κ3) is 2.93. The summed E-state index contributed by atoms with van der Waals surface area (Å²) in [6, 6.07) is 12.9. The highest BCUT2D eigenvalue weighted by Gasteiger charge is 2.51. The molecule has 0 unspecified atom stereocenters. The molecule has 2 amide bonds.